The van der Waals surface area contributed by atoms with Crippen LogP contribution in [0.25, 0.3) is 0 Å². The topological polar surface area (TPSA) is 63.2 Å². The van der Waals surface area contributed by atoms with Crippen LogP contribution in [0.15, 0.2) is 36.4 Å². The second kappa shape index (κ2) is 8.93. The molecule has 0 spiro atoms. The highest BCUT2D eigenvalue weighted by atomic mass is 16.7. The lowest BCUT2D eigenvalue weighted by molar-refractivity contribution is 0.174. The van der Waals surface area contributed by atoms with Crippen molar-refractivity contribution in [3.63, 3.8) is 0 Å². The molecule has 4 rings (SSSR count). The molecule has 2 aromatic rings. The first kappa shape index (κ1) is 19.9. The van der Waals surface area contributed by atoms with Gasteiger partial charge in [0, 0.05) is 36.4 Å². The Labute approximate surface area is 172 Å². The predicted octanol–water partition coefficient (Wildman–Crippen LogP) is 3.77. The Morgan fingerprint density at radius 2 is 2.03 bits per heavy atom. The summed E-state index contributed by atoms with van der Waals surface area (Å²) in [4.78, 5) is 2.47. The molecule has 0 radical (unpaired) electrons. The zero-order valence-corrected chi connectivity index (χ0v) is 17.2. The number of rotatable bonds is 7. The van der Waals surface area contributed by atoms with E-state index in [-0.39, 0.29) is 12.7 Å². The minimum absolute atomic E-state index is 0.00973. The molecule has 1 fully saturated rings. The van der Waals surface area contributed by atoms with Crippen molar-refractivity contribution in [3.05, 3.63) is 47.5 Å². The monoisotopic (exact) mass is 398 g/mol. The maximum Gasteiger partial charge on any atom is 0.231 e. The van der Waals surface area contributed by atoms with Gasteiger partial charge in [-0.25, -0.2) is 0 Å². The summed E-state index contributed by atoms with van der Waals surface area (Å²) in [5.74, 6) is 2.39. The molecule has 2 N–H and O–H groups in total. The number of anilines is 1. The first-order valence-electron chi connectivity index (χ1n) is 10.4. The molecule has 6 nitrogen and oxygen atoms in total. The van der Waals surface area contributed by atoms with Gasteiger partial charge in [-0.15, -0.1) is 0 Å². The van der Waals surface area contributed by atoms with Gasteiger partial charge in [0.25, 0.3) is 0 Å². The average molecular weight is 399 g/mol. The quantitative estimate of drug-likeness (QED) is 0.740. The van der Waals surface area contributed by atoms with Gasteiger partial charge in [0.2, 0.25) is 6.79 Å². The molecule has 29 heavy (non-hydrogen) atoms. The number of nitrogens with zero attached hydrogens (tertiary/aromatic N) is 1. The smallest absolute Gasteiger partial charge is 0.231 e. The van der Waals surface area contributed by atoms with Crippen LogP contribution < -0.4 is 19.5 Å². The Morgan fingerprint density at radius 3 is 2.86 bits per heavy atom. The summed E-state index contributed by atoms with van der Waals surface area (Å²) in [5, 5.41) is 13.4. The summed E-state index contributed by atoms with van der Waals surface area (Å²) in [6, 6.07) is 12.6. The lowest BCUT2D eigenvalue weighted by Crippen LogP contribution is -2.41. The van der Waals surface area contributed by atoms with Crippen molar-refractivity contribution in [2.24, 2.45) is 0 Å². The zero-order valence-electron chi connectivity index (χ0n) is 17.2. The molecular weight excluding hydrogens is 368 g/mol. The fraction of sp³-hybridized carbons (Fsp3) is 0.478. The van der Waals surface area contributed by atoms with Crippen LogP contribution in [0.5, 0.6) is 17.2 Å². The summed E-state index contributed by atoms with van der Waals surface area (Å²) in [7, 11) is 0. The summed E-state index contributed by atoms with van der Waals surface area (Å²) < 4.78 is 16.7. The molecule has 0 saturated carbocycles. The number of aliphatic hydroxyl groups excluding tert-OH is 1. The molecule has 0 bridgehead atoms. The van der Waals surface area contributed by atoms with Gasteiger partial charge in [-0.05, 0) is 63.1 Å². The van der Waals surface area contributed by atoms with E-state index in [4.69, 9.17) is 14.2 Å². The Hall–Kier alpha value is -2.44. The van der Waals surface area contributed by atoms with Gasteiger partial charge in [-0.2, -0.15) is 0 Å². The molecule has 0 amide bonds. The summed E-state index contributed by atoms with van der Waals surface area (Å²) >= 11 is 0. The third-order valence-electron chi connectivity index (χ3n) is 5.31. The van der Waals surface area contributed by atoms with Crippen molar-refractivity contribution in [3.8, 4) is 17.2 Å². The Bertz CT molecular complexity index is 840. The molecule has 0 aromatic heterocycles. The van der Waals surface area contributed by atoms with Crippen molar-refractivity contribution in [2.75, 3.05) is 25.2 Å². The third-order valence-corrected chi connectivity index (χ3v) is 5.31. The third kappa shape index (κ3) is 4.95. The lowest BCUT2D eigenvalue weighted by Gasteiger charge is -2.34. The maximum atomic E-state index is 9.71. The molecule has 1 atom stereocenters. The van der Waals surface area contributed by atoms with E-state index in [2.05, 4.69) is 22.3 Å². The highest BCUT2D eigenvalue weighted by Gasteiger charge is 2.21. The van der Waals surface area contributed by atoms with E-state index in [0.29, 0.717) is 12.8 Å². The number of piperidine rings is 1. The van der Waals surface area contributed by atoms with Crippen molar-refractivity contribution >= 4 is 5.69 Å². The summed E-state index contributed by atoms with van der Waals surface area (Å²) in [6.07, 6.45) is 2.40. The first-order valence-corrected chi connectivity index (χ1v) is 10.4. The number of ether oxygens (including phenoxy) is 3. The van der Waals surface area contributed by atoms with E-state index in [1.165, 1.54) is 5.56 Å². The molecule has 6 heteroatoms. The molecule has 1 unspecified atom stereocenters. The number of hydrogen-bond acceptors (Lipinski definition) is 6. The highest BCUT2D eigenvalue weighted by Crippen LogP contribution is 2.34. The van der Waals surface area contributed by atoms with Crippen LogP contribution in [0, 0.1) is 0 Å². The van der Waals surface area contributed by atoms with Crippen LogP contribution in [0.4, 0.5) is 5.69 Å². The molecule has 156 valence electrons. The molecule has 1 saturated heterocycles. The van der Waals surface area contributed by atoms with Gasteiger partial charge in [0.15, 0.2) is 11.5 Å². The van der Waals surface area contributed by atoms with Gasteiger partial charge < -0.3 is 24.6 Å². The Balaban J connectivity index is 1.37. The van der Waals surface area contributed by atoms with Gasteiger partial charge in [0.05, 0.1) is 12.7 Å². The highest BCUT2D eigenvalue weighted by molar-refractivity contribution is 5.56. The molecule has 2 aromatic carbocycles. The minimum atomic E-state index is -0.00973. The number of aliphatic hydroxyl groups is 1. The van der Waals surface area contributed by atoms with Crippen molar-refractivity contribution in [1.82, 2.24) is 4.90 Å². The van der Waals surface area contributed by atoms with Crippen LogP contribution in [0.1, 0.15) is 37.8 Å². The molecular formula is C23H30N2O4. The number of nitrogens with one attached hydrogen (secondary N) is 1. The summed E-state index contributed by atoms with van der Waals surface area (Å²) in [5.41, 5.74) is 3.12. The van der Waals surface area contributed by atoms with Crippen LogP contribution in [-0.2, 0) is 13.2 Å². The standard InChI is InChI=1S/C23H30N2O4/c1-16(2)29-21-7-5-17(10-18(21)14-26)12-25-9-3-4-20(13-25)24-19-6-8-22-23(11-19)28-15-27-22/h5-8,10-11,16,20,24,26H,3-4,9,12-15H2,1-2H3. The number of benzene rings is 2. The van der Waals surface area contributed by atoms with Crippen LogP contribution in [0.3, 0.4) is 0 Å². The van der Waals surface area contributed by atoms with E-state index < -0.39 is 0 Å². The lowest BCUT2D eigenvalue weighted by atomic mass is 10.0. The SMILES string of the molecule is CC(C)Oc1ccc(CN2CCCC(Nc3ccc4c(c3)OCO4)C2)cc1CO. The Morgan fingerprint density at radius 1 is 1.17 bits per heavy atom. The molecule has 2 heterocycles. The van der Waals surface area contributed by atoms with Crippen LogP contribution >= 0.6 is 0 Å². The normalized spacial score (nSPS) is 18.8. The van der Waals surface area contributed by atoms with Crippen molar-refractivity contribution in [2.45, 2.75) is 52.0 Å². The van der Waals surface area contributed by atoms with Gasteiger partial charge in [-0.3, -0.25) is 4.90 Å². The average Bonchev–Trinajstić information content (AvgIpc) is 3.17. The zero-order chi connectivity index (χ0) is 20.2. The first-order chi connectivity index (χ1) is 14.1. The number of likely N-dealkylation sites (tertiary alicyclic amines) is 1. The van der Waals surface area contributed by atoms with Gasteiger partial charge in [0.1, 0.15) is 5.75 Å². The second-order valence-electron chi connectivity index (χ2n) is 8.05. The van der Waals surface area contributed by atoms with Gasteiger partial charge in [-0.1, -0.05) is 6.07 Å². The predicted molar refractivity (Wildman–Crippen MR) is 113 cm³/mol. The van der Waals surface area contributed by atoms with Crippen molar-refractivity contribution < 1.29 is 19.3 Å². The Kier molecular flexibility index (Phi) is 6.11. The van der Waals surface area contributed by atoms with E-state index in [0.717, 1.165) is 61.0 Å². The van der Waals surface area contributed by atoms with E-state index in [9.17, 15) is 5.11 Å². The fourth-order valence-electron chi connectivity index (χ4n) is 4.02. The number of fused-ring (bicyclic) bond motifs is 1. The van der Waals surface area contributed by atoms with E-state index in [1.54, 1.807) is 0 Å². The van der Waals surface area contributed by atoms with Crippen LogP contribution in [0.2, 0.25) is 0 Å². The van der Waals surface area contributed by atoms with E-state index >= 15 is 0 Å². The number of hydrogen-bond donors (Lipinski definition) is 2. The fourth-order valence-corrected chi connectivity index (χ4v) is 4.02. The molecule has 0 aliphatic carbocycles. The van der Waals surface area contributed by atoms with E-state index in [1.807, 2.05) is 38.1 Å². The summed E-state index contributed by atoms with van der Waals surface area (Å²) in [6.45, 7) is 7.21. The molecule has 2 aliphatic heterocycles. The minimum Gasteiger partial charge on any atom is -0.491 e. The largest absolute Gasteiger partial charge is 0.491 e. The van der Waals surface area contributed by atoms with Crippen molar-refractivity contribution in [1.29, 1.82) is 0 Å². The van der Waals surface area contributed by atoms with Crippen LogP contribution in [-0.4, -0.2) is 42.0 Å². The maximum absolute atomic E-state index is 9.71. The van der Waals surface area contributed by atoms with Gasteiger partial charge >= 0.3 is 0 Å². The molecule has 2 aliphatic rings. The second-order valence-corrected chi connectivity index (χ2v) is 8.05.